The molecule has 0 bridgehead atoms. The van der Waals surface area contributed by atoms with Crippen molar-refractivity contribution in [1.82, 2.24) is 10.3 Å². The third-order valence-corrected chi connectivity index (χ3v) is 8.71. The van der Waals surface area contributed by atoms with E-state index >= 15 is 0 Å². The minimum atomic E-state index is -5.00. The van der Waals surface area contributed by atoms with Crippen molar-refractivity contribution >= 4 is 15.7 Å². The average Bonchev–Trinajstić information content (AvgIpc) is 3.44. The Hall–Kier alpha value is -3.04. The van der Waals surface area contributed by atoms with Crippen molar-refractivity contribution in [3.8, 4) is 17.3 Å². The number of benzene rings is 1. The molecule has 0 saturated heterocycles. The highest BCUT2D eigenvalue weighted by molar-refractivity contribution is 7.92. The number of alkyl halides is 3. The molecular weight excluding hydrogens is 490 g/mol. The summed E-state index contributed by atoms with van der Waals surface area (Å²) >= 11 is 0. The van der Waals surface area contributed by atoms with Crippen LogP contribution in [0.1, 0.15) is 31.2 Å². The molecule has 2 saturated carbocycles. The normalized spacial score (nSPS) is 23.5. The minimum Gasteiger partial charge on any atom is -0.381 e. The quantitative estimate of drug-likeness (QED) is 0.593. The van der Waals surface area contributed by atoms with Crippen LogP contribution in [0.15, 0.2) is 41.4 Å². The maximum atomic E-state index is 13.9. The van der Waals surface area contributed by atoms with Gasteiger partial charge < -0.3 is 10.1 Å². The van der Waals surface area contributed by atoms with Crippen LogP contribution in [0.5, 0.6) is 0 Å². The number of aromatic nitrogens is 1. The summed E-state index contributed by atoms with van der Waals surface area (Å²) in [5, 5.41) is 10.5. The van der Waals surface area contributed by atoms with E-state index in [0.717, 1.165) is 18.3 Å². The van der Waals surface area contributed by atoms with E-state index in [1.54, 1.807) is 0 Å². The second kappa shape index (κ2) is 8.87. The molecular formula is C23H21F4N3O4S. The average molecular weight is 511 g/mol. The van der Waals surface area contributed by atoms with Gasteiger partial charge in [-0.2, -0.15) is 18.4 Å². The maximum absolute atomic E-state index is 13.9. The smallest absolute Gasteiger partial charge is 0.381 e. The topological polar surface area (TPSA) is 109 Å². The first-order chi connectivity index (χ1) is 16.4. The van der Waals surface area contributed by atoms with Crippen LogP contribution in [-0.2, 0) is 25.5 Å². The van der Waals surface area contributed by atoms with Gasteiger partial charge in [-0.05, 0) is 49.9 Å². The molecule has 0 aliphatic heterocycles. The highest BCUT2D eigenvalue weighted by atomic mass is 32.2. The van der Waals surface area contributed by atoms with Crippen molar-refractivity contribution in [2.24, 2.45) is 5.92 Å². The Morgan fingerprint density at radius 3 is 2.49 bits per heavy atom. The summed E-state index contributed by atoms with van der Waals surface area (Å²) in [7, 11) is -3.23. The van der Waals surface area contributed by atoms with Crippen molar-refractivity contribution in [2.45, 2.75) is 53.6 Å². The first-order valence-electron chi connectivity index (χ1n) is 10.7. The number of carbonyl (C=O) groups is 1. The van der Waals surface area contributed by atoms with E-state index in [-0.39, 0.29) is 24.1 Å². The number of sulfone groups is 1. The lowest BCUT2D eigenvalue weighted by atomic mass is 10.0. The van der Waals surface area contributed by atoms with Crippen LogP contribution in [0.25, 0.3) is 11.3 Å². The number of hydrogen-bond donors (Lipinski definition) is 1. The molecule has 3 unspecified atom stereocenters. The molecule has 7 nitrogen and oxygen atoms in total. The fraction of sp³-hybridized carbons (Fsp3) is 0.435. The number of nitriles is 1. The number of nitrogens with one attached hydrogen (secondary N) is 1. The Morgan fingerprint density at radius 2 is 1.94 bits per heavy atom. The summed E-state index contributed by atoms with van der Waals surface area (Å²) in [6.07, 6.45) is -4.44. The predicted molar refractivity (Wildman–Crippen MR) is 115 cm³/mol. The van der Waals surface area contributed by atoms with Gasteiger partial charge in [-0.1, -0.05) is 6.07 Å². The molecule has 1 aromatic heterocycles. The van der Waals surface area contributed by atoms with Gasteiger partial charge in [-0.25, -0.2) is 12.8 Å². The standard InChI is InChI=1S/C23H21F4N3O4S/c1-34-19-10-15(9-16(19)21(31)30-22(12-28)6-7-22)35(32,33)20-5-2-13(8-17(20)23(25,26)27)18-4-3-14(24)11-29-18/h2-5,8,11,15-16,19H,6-7,9-10H2,1H3,(H,30,31). The predicted octanol–water partition coefficient (Wildman–Crippen LogP) is 3.65. The zero-order chi connectivity index (χ0) is 25.6. The Labute approximate surface area is 199 Å². The lowest BCUT2D eigenvalue weighted by Gasteiger charge is -2.19. The van der Waals surface area contributed by atoms with Crippen LogP contribution in [0.2, 0.25) is 0 Å². The van der Waals surface area contributed by atoms with E-state index in [2.05, 4.69) is 10.3 Å². The second-order valence-corrected chi connectivity index (χ2v) is 11.0. The number of carbonyl (C=O) groups excluding carboxylic acids is 1. The van der Waals surface area contributed by atoms with E-state index in [1.807, 2.05) is 6.07 Å². The highest BCUT2D eigenvalue weighted by Crippen LogP contribution is 2.42. The molecule has 2 fully saturated rings. The zero-order valence-electron chi connectivity index (χ0n) is 18.5. The van der Waals surface area contributed by atoms with Crippen LogP contribution in [0.3, 0.4) is 0 Å². The molecule has 0 radical (unpaired) electrons. The third kappa shape index (κ3) is 4.88. The largest absolute Gasteiger partial charge is 0.417 e. The number of nitrogens with zero attached hydrogens (tertiary/aromatic N) is 2. The van der Waals surface area contributed by atoms with Crippen molar-refractivity contribution < 1.29 is 35.5 Å². The van der Waals surface area contributed by atoms with Crippen molar-refractivity contribution in [3.63, 3.8) is 0 Å². The zero-order valence-corrected chi connectivity index (χ0v) is 19.3. The van der Waals surface area contributed by atoms with Gasteiger partial charge in [0, 0.05) is 12.7 Å². The summed E-state index contributed by atoms with van der Waals surface area (Å²) in [6.45, 7) is 0. The second-order valence-electron chi connectivity index (χ2n) is 8.77. The Balaban J connectivity index is 1.66. The van der Waals surface area contributed by atoms with Gasteiger partial charge in [0.25, 0.3) is 0 Å². The fourth-order valence-electron chi connectivity index (χ4n) is 4.35. The third-order valence-electron chi connectivity index (χ3n) is 6.48. The van der Waals surface area contributed by atoms with Crippen LogP contribution in [-0.4, -0.2) is 43.3 Å². The molecule has 0 spiro atoms. The molecule has 1 aromatic carbocycles. The maximum Gasteiger partial charge on any atom is 0.417 e. The number of halogens is 4. The fourth-order valence-corrected chi connectivity index (χ4v) is 6.35. The SMILES string of the molecule is COC1CC(S(=O)(=O)c2ccc(-c3ccc(F)cn3)cc2C(F)(F)F)CC1C(=O)NC1(C#N)CC1. The number of rotatable bonds is 6. The molecule has 12 heteroatoms. The molecule has 186 valence electrons. The van der Waals surface area contributed by atoms with Crippen molar-refractivity contribution in [1.29, 1.82) is 5.26 Å². The monoisotopic (exact) mass is 511 g/mol. The number of methoxy groups -OCH3 is 1. The number of ether oxygens (including phenoxy) is 1. The number of hydrogen-bond acceptors (Lipinski definition) is 6. The first kappa shape index (κ1) is 25.1. The van der Waals surface area contributed by atoms with Gasteiger partial charge in [0.15, 0.2) is 9.84 Å². The molecule has 2 aliphatic rings. The van der Waals surface area contributed by atoms with Crippen molar-refractivity contribution in [2.75, 3.05) is 7.11 Å². The summed E-state index contributed by atoms with van der Waals surface area (Å²) in [5.41, 5.74) is -2.32. The van der Waals surface area contributed by atoms with Gasteiger partial charge in [0.1, 0.15) is 11.4 Å². The molecule has 3 atom stereocenters. The Bertz CT molecular complexity index is 1290. The summed E-state index contributed by atoms with van der Waals surface area (Å²) < 4.78 is 87.0. The highest BCUT2D eigenvalue weighted by Gasteiger charge is 2.51. The van der Waals surface area contributed by atoms with E-state index in [1.165, 1.54) is 19.2 Å². The molecule has 1 N–H and O–H groups in total. The van der Waals surface area contributed by atoms with Gasteiger partial charge in [-0.3, -0.25) is 9.78 Å². The number of amides is 1. The lowest BCUT2D eigenvalue weighted by molar-refractivity contribution is -0.139. The van der Waals surface area contributed by atoms with Gasteiger partial charge >= 0.3 is 6.18 Å². The molecule has 35 heavy (non-hydrogen) atoms. The van der Waals surface area contributed by atoms with Crippen LogP contribution < -0.4 is 5.32 Å². The summed E-state index contributed by atoms with van der Waals surface area (Å²) in [5.74, 6) is -2.15. The van der Waals surface area contributed by atoms with E-state index in [9.17, 15) is 36.0 Å². The minimum absolute atomic E-state index is 0.0269. The summed E-state index contributed by atoms with van der Waals surface area (Å²) in [6, 6.07) is 6.95. The molecule has 2 aliphatic carbocycles. The van der Waals surface area contributed by atoms with Crippen LogP contribution in [0.4, 0.5) is 17.6 Å². The van der Waals surface area contributed by atoms with Gasteiger partial charge in [0.2, 0.25) is 5.91 Å². The van der Waals surface area contributed by atoms with Crippen LogP contribution >= 0.6 is 0 Å². The van der Waals surface area contributed by atoms with Gasteiger partial charge in [0.05, 0.1) is 45.7 Å². The molecule has 1 amide bonds. The first-order valence-corrected chi connectivity index (χ1v) is 12.3. The Morgan fingerprint density at radius 1 is 1.23 bits per heavy atom. The molecule has 2 aromatic rings. The molecule has 1 heterocycles. The van der Waals surface area contributed by atoms with E-state index in [4.69, 9.17) is 4.74 Å². The van der Waals surface area contributed by atoms with Gasteiger partial charge in [-0.15, -0.1) is 0 Å². The van der Waals surface area contributed by atoms with E-state index in [0.29, 0.717) is 18.9 Å². The van der Waals surface area contributed by atoms with E-state index < -0.39 is 61.0 Å². The van der Waals surface area contributed by atoms with Crippen LogP contribution in [0, 0.1) is 23.1 Å². The summed E-state index contributed by atoms with van der Waals surface area (Å²) in [4.78, 5) is 15.6. The lowest BCUT2D eigenvalue weighted by Crippen LogP contribution is -2.42. The molecule has 4 rings (SSSR count). The number of pyridine rings is 1. The Kier molecular flexibility index (Phi) is 6.36. The van der Waals surface area contributed by atoms with Crippen molar-refractivity contribution in [3.05, 3.63) is 47.9 Å².